The Morgan fingerprint density at radius 2 is 2.03 bits per heavy atom. The monoisotopic (exact) mass is 463 g/mol. The molecular weight excluding hydrogens is 442 g/mol. The number of carbonyl (C=O) groups excluding carboxylic acids is 1. The maximum Gasteiger partial charge on any atom is 0.414 e. The number of halogens is 1. The van der Waals surface area contributed by atoms with E-state index in [9.17, 15) is 9.59 Å². The number of hydrogen-bond donors (Lipinski definition) is 2. The van der Waals surface area contributed by atoms with Crippen molar-refractivity contribution < 1.29 is 18.7 Å². The van der Waals surface area contributed by atoms with Gasteiger partial charge in [0.2, 0.25) is 0 Å². The highest BCUT2D eigenvalue weighted by molar-refractivity contribution is 7.98. The molecular formula is C21H22ClN3O5S. The number of benzene rings is 2. The van der Waals surface area contributed by atoms with E-state index in [1.165, 1.54) is 11.0 Å². The summed E-state index contributed by atoms with van der Waals surface area (Å²) >= 11 is 7.34. The van der Waals surface area contributed by atoms with Gasteiger partial charge in [0.25, 0.3) is 0 Å². The van der Waals surface area contributed by atoms with Crippen LogP contribution in [0.15, 0.2) is 45.6 Å². The molecule has 31 heavy (non-hydrogen) atoms. The molecule has 164 valence electrons. The van der Waals surface area contributed by atoms with Crippen LogP contribution in [0.25, 0.3) is 11.0 Å². The molecule has 3 aromatic rings. The van der Waals surface area contributed by atoms with E-state index in [1.54, 1.807) is 27.3 Å². The molecule has 0 radical (unpaired) electrons. The summed E-state index contributed by atoms with van der Waals surface area (Å²) in [5.74, 6) is 0.102. The van der Waals surface area contributed by atoms with E-state index in [-0.39, 0.29) is 23.0 Å². The molecule has 0 atom stereocenters. The van der Waals surface area contributed by atoms with Gasteiger partial charge in [-0.25, -0.2) is 9.59 Å². The van der Waals surface area contributed by atoms with Crippen LogP contribution in [-0.4, -0.2) is 32.2 Å². The first-order chi connectivity index (χ1) is 14.8. The van der Waals surface area contributed by atoms with Crippen molar-refractivity contribution in [1.29, 1.82) is 0 Å². The normalized spacial score (nSPS) is 10.9. The lowest BCUT2D eigenvalue weighted by Gasteiger charge is -2.15. The number of rotatable bonds is 7. The van der Waals surface area contributed by atoms with Crippen molar-refractivity contribution in [2.75, 3.05) is 25.9 Å². The zero-order chi connectivity index (χ0) is 22.5. The standard InChI is InChI=1S/C21H22ClN3O5S/c1-25(2)21(27)30-19-10-18-14(9-17(19)22)16(11-28-3)15(20(26)29-18)8-12-5-4-6-13(7-12)24-31-23/h4-7,9-10,24H,8,11,23H2,1-3H3. The van der Waals surface area contributed by atoms with Crippen molar-refractivity contribution >= 4 is 46.5 Å². The second kappa shape index (κ2) is 10.1. The summed E-state index contributed by atoms with van der Waals surface area (Å²) in [6, 6.07) is 10.6. The van der Waals surface area contributed by atoms with Crippen LogP contribution in [0.2, 0.25) is 5.02 Å². The number of anilines is 1. The van der Waals surface area contributed by atoms with E-state index in [0.717, 1.165) is 23.4 Å². The highest BCUT2D eigenvalue weighted by Gasteiger charge is 2.19. The third-order valence-electron chi connectivity index (χ3n) is 4.51. The van der Waals surface area contributed by atoms with Gasteiger partial charge in [-0.3, -0.25) is 5.14 Å². The van der Waals surface area contributed by atoms with E-state index >= 15 is 0 Å². The fourth-order valence-corrected chi connectivity index (χ4v) is 3.54. The Morgan fingerprint density at radius 1 is 1.26 bits per heavy atom. The zero-order valence-corrected chi connectivity index (χ0v) is 18.8. The Kier molecular flexibility index (Phi) is 7.45. The second-order valence-corrected chi connectivity index (χ2v) is 7.76. The number of methoxy groups -OCH3 is 1. The van der Waals surface area contributed by atoms with Gasteiger partial charge in [0, 0.05) is 62.5 Å². The molecule has 10 heteroatoms. The lowest BCUT2D eigenvalue weighted by Crippen LogP contribution is -2.25. The van der Waals surface area contributed by atoms with E-state index in [4.69, 9.17) is 30.6 Å². The molecule has 0 aliphatic rings. The molecule has 3 rings (SSSR count). The molecule has 0 bridgehead atoms. The fourth-order valence-electron chi connectivity index (χ4n) is 3.07. The lowest BCUT2D eigenvalue weighted by molar-refractivity contribution is 0.172. The third-order valence-corrected chi connectivity index (χ3v) is 5.16. The van der Waals surface area contributed by atoms with Gasteiger partial charge in [0.05, 0.1) is 11.6 Å². The van der Waals surface area contributed by atoms with Crippen LogP contribution in [0.3, 0.4) is 0 Å². The number of nitrogens with two attached hydrogens (primary N) is 1. The second-order valence-electron chi connectivity index (χ2n) is 6.92. The molecule has 0 spiro atoms. The van der Waals surface area contributed by atoms with Crippen molar-refractivity contribution in [2.45, 2.75) is 13.0 Å². The van der Waals surface area contributed by atoms with Crippen LogP contribution in [-0.2, 0) is 17.8 Å². The first-order valence-corrected chi connectivity index (χ1v) is 10.5. The van der Waals surface area contributed by atoms with Gasteiger partial charge in [0.15, 0.2) is 5.75 Å². The third kappa shape index (κ3) is 5.31. The molecule has 0 saturated carbocycles. The van der Waals surface area contributed by atoms with Crippen LogP contribution in [0, 0.1) is 0 Å². The minimum atomic E-state index is -0.596. The predicted octanol–water partition coefficient (Wildman–Crippen LogP) is 4.18. The molecule has 0 aliphatic heterocycles. The highest BCUT2D eigenvalue weighted by atomic mass is 35.5. The molecule has 0 unspecified atom stereocenters. The summed E-state index contributed by atoms with van der Waals surface area (Å²) < 4.78 is 19.1. The van der Waals surface area contributed by atoms with Crippen LogP contribution in [0.5, 0.6) is 5.75 Å². The number of ether oxygens (including phenoxy) is 2. The molecule has 8 nitrogen and oxygen atoms in total. The van der Waals surface area contributed by atoms with E-state index in [1.807, 2.05) is 24.3 Å². The number of nitrogens with one attached hydrogen (secondary N) is 1. The summed E-state index contributed by atoms with van der Waals surface area (Å²) in [5, 5.41) is 6.29. The topological polar surface area (TPSA) is 107 Å². The molecule has 1 amide bonds. The number of amides is 1. The smallest absolute Gasteiger partial charge is 0.414 e. The lowest BCUT2D eigenvalue weighted by atomic mass is 9.98. The summed E-state index contributed by atoms with van der Waals surface area (Å²) in [6.45, 7) is 0.182. The summed E-state index contributed by atoms with van der Waals surface area (Å²) in [7, 11) is 4.65. The number of fused-ring (bicyclic) bond motifs is 1. The average molecular weight is 464 g/mol. The van der Waals surface area contributed by atoms with Gasteiger partial charge < -0.3 is 23.5 Å². The summed E-state index contributed by atoms with van der Waals surface area (Å²) in [4.78, 5) is 26.0. The molecule has 0 saturated heterocycles. The quantitative estimate of drug-likeness (QED) is 0.397. The molecule has 3 N–H and O–H groups in total. The van der Waals surface area contributed by atoms with Crippen LogP contribution in [0.1, 0.15) is 16.7 Å². The molecule has 1 aromatic heterocycles. The number of hydrogen-bond acceptors (Lipinski definition) is 8. The van der Waals surface area contributed by atoms with Gasteiger partial charge >= 0.3 is 11.7 Å². The average Bonchev–Trinajstić information content (AvgIpc) is 2.72. The number of carbonyl (C=O) groups is 1. The Bertz CT molecular complexity index is 1170. The molecule has 0 aliphatic carbocycles. The Morgan fingerprint density at radius 3 is 2.71 bits per heavy atom. The van der Waals surface area contributed by atoms with Crippen molar-refractivity contribution in [3.05, 3.63) is 68.5 Å². The van der Waals surface area contributed by atoms with Crippen molar-refractivity contribution in [2.24, 2.45) is 5.14 Å². The highest BCUT2D eigenvalue weighted by Crippen LogP contribution is 2.33. The molecule has 1 heterocycles. The van der Waals surface area contributed by atoms with Crippen LogP contribution < -0.4 is 20.2 Å². The Hall–Kier alpha value is -2.72. The van der Waals surface area contributed by atoms with E-state index in [2.05, 4.69) is 4.72 Å². The largest absolute Gasteiger partial charge is 0.422 e. The van der Waals surface area contributed by atoms with Gasteiger partial charge in [-0.2, -0.15) is 0 Å². The summed E-state index contributed by atoms with van der Waals surface area (Å²) in [6.07, 6.45) is -0.266. The zero-order valence-electron chi connectivity index (χ0n) is 17.2. The van der Waals surface area contributed by atoms with E-state index in [0.29, 0.717) is 22.9 Å². The Balaban J connectivity index is 2.09. The van der Waals surface area contributed by atoms with E-state index < -0.39 is 11.7 Å². The predicted molar refractivity (Wildman–Crippen MR) is 123 cm³/mol. The first-order valence-electron chi connectivity index (χ1n) is 9.21. The minimum absolute atomic E-state index is 0.102. The Labute approximate surface area is 188 Å². The minimum Gasteiger partial charge on any atom is -0.422 e. The SMILES string of the molecule is COCc1c(Cc2cccc(NSN)c2)c(=O)oc2cc(OC(=O)N(C)C)c(Cl)cc12. The molecule has 2 aromatic carbocycles. The maximum atomic E-state index is 12.9. The van der Waals surface area contributed by atoms with Crippen molar-refractivity contribution in [3.63, 3.8) is 0 Å². The first kappa shape index (κ1) is 23.0. The fraction of sp³-hybridized carbons (Fsp3) is 0.238. The van der Waals surface area contributed by atoms with Crippen LogP contribution >= 0.6 is 23.7 Å². The van der Waals surface area contributed by atoms with Gasteiger partial charge in [0.1, 0.15) is 5.58 Å². The van der Waals surface area contributed by atoms with Crippen molar-refractivity contribution in [3.8, 4) is 5.75 Å². The van der Waals surface area contributed by atoms with Gasteiger partial charge in [-0.1, -0.05) is 23.7 Å². The summed E-state index contributed by atoms with van der Waals surface area (Å²) in [5.41, 5.74) is 2.58. The maximum absolute atomic E-state index is 12.9. The molecule has 0 fully saturated rings. The number of nitrogens with zero attached hydrogens (tertiary/aromatic N) is 1. The van der Waals surface area contributed by atoms with Gasteiger partial charge in [-0.15, -0.1) is 0 Å². The van der Waals surface area contributed by atoms with Gasteiger partial charge in [-0.05, 0) is 29.3 Å². The van der Waals surface area contributed by atoms with Crippen molar-refractivity contribution in [1.82, 2.24) is 4.90 Å². The van der Waals surface area contributed by atoms with Crippen LogP contribution in [0.4, 0.5) is 10.5 Å².